The van der Waals surface area contributed by atoms with Gasteiger partial charge in [-0.2, -0.15) is 0 Å². The number of hydrogen-bond donors (Lipinski definition) is 1. The molecule has 0 bridgehead atoms. The molecule has 0 radical (unpaired) electrons. The topological polar surface area (TPSA) is 90.9 Å². The fraction of sp³-hybridized carbons (Fsp3) is 0.318. The molecule has 2 aromatic rings. The van der Waals surface area contributed by atoms with Gasteiger partial charge < -0.3 is 14.2 Å². The molecule has 2 rings (SSSR count). The maximum atomic E-state index is 12.2. The number of amides is 1. The van der Waals surface area contributed by atoms with Crippen molar-refractivity contribution >= 4 is 23.5 Å². The van der Waals surface area contributed by atoms with Crippen LogP contribution in [0.15, 0.2) is 48.5 Å². The quantitative estimate of drug-likeness (QED) is 0.546. The second kappa shape index (κ2) is 9.73. The Kier molecular flexibility index (Phi) is 7.36. The van der Waals surface area contributed by atoms with Crippen LogP contribution in [0, 0.1) is 0 Å². The van der Waals surface area contributed by atoms with Crippen molar-refractivity contribution in [1.82, 2.24) is 0 Å². The Bertz CT molecular complexity index is 850. The maximum absolute atomic E-state index is 12.2. The molecular weight excluding hydrogens is 374 g/mol. The Labute approximate surface area is 170 Å². The number of anilines is 1. The van der Waals surface area contributed by atoms with Crippen LogP contribution >= 0.6 is 0 Å². The summed E-state index contributed by atoms with van der Waals surface area (Å²) < 4.78 is 15.6. The van der Waals surface area contributed by atoms with Gasteiger partial charge in [0, 0.05) is 11.3 Å². The van der Waals surface area contributed by atoms with Gasteiger partial charge in [0.1, 0.15) is 11.4 Å². The van der Waals surface area contributed by atoms with E-state index in [1.807, 2.05) is 6.92 Å². The van der Waals surface area contributed by atoms with Crippen LogP contribution in [0.5, 0.6) is 5.75 Å². The van der Waals surface area contributed by atoms with Gasteiger partial charge in [-0.1, -0.05) is 0 Å². The molecule has 0 aliphatic heterocycles. The predicted molar refractivity (Wildman–Crippen MR) is 109 cm³/mol. The third-order valence-corrected chi connectivity index (χ3v) is 3.59. The lowest BCUT2D eigenvalue weighted by Crippen LogP contribution is -2.27. The predicted octanol–water partition coefficient (Wildman–Crippen LogP) is 4.47. The van der Waals surface area contributed by atoms with Gasteiger partial charge in [-0.25, -0.2) is 9.59 Å². The molecule has 0 aromatic heterocycles. The number of nitrogens with one attached hydrogen (secondary N) is 1. The highest BCUT2D eigenvalue weighted by molar-refractivity contribution is 5.99. The van der Waals surface area contributed by atoms with E-state index in [1.165, 1.54) is 12.1 Å². The standard InChI is InChI=1S/C22H25NO6/c1-5-27-18-12-8-15(9-13-18)19(24)14-28-20(25)16-6-10-17(11-7-16)23-21(26)29-22(2,3)4/h6-13H,5,14H2,1-4H3,(H,23,26). The van der Waals surface area contributed by atoms with Crippen molar-refractivity contribution in [2.45, 2.75) is 33.3 Å². The number of hydrogen-bond acceptors (Lipinski definition) is 6. The molecule has 0 saturated carbocycles. The summed E-state index contributed by atoms with van der Waals surface area (Å²) in [5, 5.41) is 2.57. The first kappa shape index (κ1) is 21.9. The number of carbonyl (C=O) groups is 3. The Hall–Kier alpha value is -3.35. The minimum Gasteiger partial charge on any atom is -0.494 e. The summed E-state index contributed by atoms with van der Waals surface area (Å²) in [6.07, 6.45) is -0.589. The SMILES string of the molecule is CCOc1ccc(C(=O)COC(=O)c2ccc(NC(=O)OC(C)(C)C)cc2)cc1. The summed E-state index contributed by atoms with van der Waals surface area (Å²) in [7, 11) is 0. The van der Waals surface area contributed by atoms with Crippen LogP contribution in [0.1, 0.15) is 48.4 Å². The number of ether oxygens (including phenoxy) is 3. The highest BCUT2D eigenvalue weighted by Gasteiger charge is 2.17. The first-order valence-corrected chi connectivity index (χ1v) is 9.21. The fourth-order valence-corrected chi connectivity index (χ4v) is 2.31. The van der Waals surface area contributed by atoms with E-state index >= 15 is 0 Å². The van der Waals surface area contributed by atoms with E-state index in [2.05, 4.69) is 5.32 Å². The normalized spacial score (nSPS) is 10.8. The Morgan fingerprint density at radius 1 is 0.897 bits per heavy atom. The average molecular weight is 399 g/mol. The fourth-order valence-electron chi connectivity index (χ4n) is 2.31. The summed E-state index contributed by atoms with van der Waals surface area (Å²) in [5.41, 5.74) is 0.558. The van der Waals surface area contributed by atoms with E-state index < -0.39 is 17.7 Å². The molecule has 1 amide bonds. The van der Waals surface area contributed by atoms with Crippen molar-refractivity contribution < 1.29 is 28.6 Å². The van der Waals surface area contributed by atoms with Gasteiger partial charge in [0.25, 0.3) is 0 Å². The smallest absolute Gasteiger partial charge is 0.412 e. The maximum Gasteiger partial charge on any atom is 0.412 e. The highest BCUT2D eigenvalue weighted by atomic mass is 16.6. The monoisotopic (exact) mass is 399 g/mol. The molecule has 0 aliphatic rings. The van der Waals surface area contributed by atoms with E-state index in [4.69, 9.17) is 14.2 Å². The number of benzene rings is 2. The molecule has 0 aliphatic carbocycles. The summed E-state index contributed by atoms with van der Waals surface area (Å²) >= 11 is 0. The molecular formula is C22H25NO6. The second-order valence-corrected chi connectivity index (χ2v) is 7.16. The van der Waals surface area contributed by atoms with Crippen LogP contribution in [0.25, 0.3) is 0 Å². The lowest BCUT2D eigenvalue weighted by atomic mass is 10.1. The van der Waals surface area contributed by atoms with E-state index in [0.717, 1.165) is 0 Å². The van der Waals surface area contributed by atoms with E-state index in [0.29, 0.717) is 23.6 Å². The zero-order chi connectivity index (χ0) is 21.4. The molecule has 0 spiro atoms. The number of carbonyl (C=O) groups excluding carboxylic acids is 3. The lowest BCUT2D eigenvalue weighted by Gasteiger charge is -2.19. The number of rotatable bonds is 7. The van der Waals surface area contributed by atoms with Crippen LogP contribution < -0.4 is 10.1 Å². The molecule has 1 N–H and O–H groups in total. The minimum absolute atomic E-state index is 0.263. The van der Waals surface area contributed by atoms with Gasteiger partial charge in [-0.05, 0) is 76.2 Å². The highest BCUT2D eigenvalue weighted by Crippen LogP contribution is 2.15. The third-order valence-electron chi connectivity index (χ3n) is 3.59. The van der Waals surface area contributed by atoms with Gasteiger partial charge in [0.15, 0.2) is 12.4 Å². The van der Waals surface area contributed by atoms with Gasteiger partial charge in [-0.15, -0.1) is 0 Å². The van der Waals surface area contributed by atoms with Gasteiger partial charge in [0.2, 0.25) is 0 Å². The second-order valence-electron chi connectivity index (χ2n) is 7.16. The molecule has 154 valence electrons. The Morgan fingerprint density at radius 2 is 1.48 bits per heavy atom. The van der Waals surface area contributed by atoms with Crippen molar-refractivity contribution in [2.24, 2.45) is 0 Å². The van der Waals surface area contributed by atoms with Crippen LogP contribution in [-0.4, -0.2) is 36.7 Å². The largest absolute Gasteiger partial charge is 0.494 e. The summed E-state index contributed by atoms with van der Waals surface area (Å²) in [4.78, 5) is 36.0. The molecule has 0 heterocycles. The zero-order valence-corrected chi connectivity index (χ0v) is 17.0. The molecule has 29 heavy (non-hydrogen) atoms. The molecule has 7 nitrogen and oxygen atoms in total. The minimum atomic E-state index is -0.631. The van der Waals surface area contributed by atoms with Crippen LogP contribution in [0.2, 0.25) is 0 Å². The first-order valence-electron chi connectivity index (χ1n) is 9.21. The van der Waals surface area contributed by atoms with E-state index in [1.54, 1.807) is 57.2 Å². The molecule has 7 heteroatoms. The van der Waals surface area contributed by atoms with Crippen molar-refractivity contribution in [3.8, 4) is 5.75 Å². The lowest BCUT2D eigenvalue weighted by molar-refractivity contribution is 0.0474. The number of esters is 1. The van der Waals surface area contributed by atoms with Crippen LogP contribution in [-0.2, 0) is 9.47 Å². The van der Waals surface area contributed by atoms with Gasteiger partial charge in [-0.3, -0.25) is 10.1 Å². The number of Topliss-reactive ketones (excluding diaryl/α,β-unsaturated/α-hetero) is 1. The Balaban J connectivity index is 1.87. The number of ketones is 1. The van der Waals surface area contributed by atoms with E-state index in [-0.39, 0.29) is 18.0 Å². The van der Waals surface area contributed by atoms with Crippen molar-refractivity contribution in [3.63, 3.8) is 0 Å². The zero-order valence-electron chi connectivity index (χ0n) is 17.0. The summed E-state index contributed by atoms with van der Waals surface area (Å²) in [5.74, 6) is -0.279. The van der Waals surface area contributed by atoms with Gasteiger partial charge >= 0.3 is 12.1 Å². The first-order chi connectivity index (χ1) is 13.7. The summed E-state index contributed by atoms with van der Waals surface area (Å²) in [6.45, 7) is 7.33. The molecule has 0 atom stereocenters. The molecule has 2 aromatic carbocycles. The van der Waals surface area contributed by atoms with Crippen LogP contribution in [0.4, 0.5) is 10.5 Å². The molecule has 0 unspecified atom stereocenters. The van der Waals surface area contributed by atoms with Crippen LogP contribution in [0.3, 0.4) is 0 Å². The van der Waals surface area contributed by atoms with Crippen molar-refractivity contribution in [1.29, 1.82) is 0 Å². The van der Waals surface area contributed by atoms with Crippen molar-refractivity contribution in [2.75, 3.05) is 18.5 Å². The van der Waals surface area contributed by atoms with Crippen molar-refractivity contribution in [3.05, 3.63) is 59.7 Å². The van der Waals surface area contributed by atoms with Gasteiger partial charge in [0.05, 0.1) is 12.2 Å². The molecule has 0 fully saturated rings. The average Bonchev–Trinajstić information content (AvgIpc) is 2.65. The Morgan fingerprint density at radius 3 is 2.03 bits per heavy atom. The summed E-state index contributed by atoms with van der Waals surface area (Å²) in [6, 6.07) is 12.7. The third kappa shape index (κ3) is 7.29. The molecule has 0 saturated heterocycles. The van der Waals surface area contributed by atoms with E-state index in [9.17, 15) is 14.4 Å².